The number of hydrogen-bond acceptors (Lipinski definition) is 5. The summed E-state index contributed by atoms with van der Waals surface area (Å²) in [5.41, 5.74) is 1.85. The molecule has 0 aliphatic carbocycles. The minimum absolute atomic E-state index is 0.0314. The van der Waals surface area contributed by atoms with Gasteiger partial charge in [0.25, 0.3) is 0 Å². The number of fused-ring (bicyclic) bond motifs is 1. The lowest BCUT2D eigenvalue weighted by molar-refractivity contribution is -0.137. The van der Waals surface area contributed by atoms with Gasteiger partial charge in [0, 0.05) is 16.9 Å². The largest absolute Gasteiger partial charge is 0.505 e. The van der Waals surface area contributed by atoms with Crippen LogP contribution in [0.1, 0.15) is 102 Å². The number of phenolic OH excluding ortho intramolecular Hbond substituents is 1. The Bertz CT molecular complexity index is 1800. The van der Waals surface area contributed by atoms with Crippen LogP contribution >= 0.6 is 0 Å². The maximum atomic E-state index is 13.4. The van der Waals surface area contributed by atoms with Gasteiger partial charge < -0.3 is 10.2 Å². The molecule has 46 heavy (non-hydrogen) atoms. The number of aromatic nitrogens is 3. The third-order valence-electron chi connectivity index (χ3n) is 8.74. The lowest BCUT2D eigenvalue weighted by Gasteiger charge is -2.35. The molecule has 3 aromatic carbocycles. The highest BCUT2D eigenvalue weighted by molar-refractivity contribution is 5.98. The van der Waals surface area contributed by atoms with Gasteiger partial charge in [0.05, 0.1) is 5.56 Å². The maximum absolute atomic E-state index is 13.4. The van der Waals surface area contributed by atoms with Crippen LogP contribution in [0, 0.1) is 5.41 Å². The van der Waals surface area contributed by atoms with Crippen molar-refractivity contribution in [3.05, 3.63) is 94.6 Å². The first-order valence-electron chi connectivity index (χ1n) is 15.3. The molecule has 0 aliphatic rings. The van der Waals surface area contributed by atoms with Crippen LogP contribution < -0.4 is 0 Å². The Kier molecular flexibility index (Phi) is 9.09. The number of halogens is 3. The number of aliphatic hydroxyl groups excluding tert-OH is 1. The monoisotopic (exact) mass is 635 g/mol. The number of benzene rings is 3. The summed E-state index contributed by atoms with van der Waals surface area (Å²) in [6.07, 6.45) is -4.99. The van der Waals surface area contributed by atoms with Crippen LogP contribution in [-0.2, 0) is 21.8 Å². The first kappa shape index (κ1) is 34.9. The Morgan fingerprint density at radius 3 is 2.11 bits per heavy atom. The van der Waals surface area contributed by atoms with Crippen molar-refractivity contribution in [2.24, 2.45) is 5.41 Å². The fraction of sp³-hybridized carbons (Fsp3) is 0.432. The molecule has 2 atom stereocenters. The fourth-order valence-corrected chi connectivity index (χ4v) is 6.29. The first-order valence-corrected chi connectivity index (χ1v) is 15.3. The number of carbonyl (C=O) groups is 1. The van der Waals surface area contributed by atoms with E-state index in [0.29, 0.717) is 5.56 Å². The Labute approximate surface area is 269 Å². The maximum Gasteiger partial charge on any atom is 0.416 e. The molecule has 1 aromatic heterocycles. The van der Waals surface area contributed by atoms with Gasteiger partial charge in [0.2, 0.25) is 0 Å². The number of aromatic hydroxyl groups is 1. The highest BCUT2D eigenvalue weighted by atomic mass is 19.4. The summed E-state index contributed by atoms with van der Waals surface area (Å²) in [6.45, 7) is 21.7. The van der Waals surface area contributed by atoms with Crippen molar-refractivity contribution in [3.8, 4) is 11.4 Å². The number of nitrogens with zero attached hydrogens (tertiary/aromatic N) is 3. The Morgan fingerprint density at radius 2 is 1.52 bits per heavy atom. The summed E-state index contributed by atoms with van der Waals surface area (Å²) in [5, 5.41) is 31.5. The molecule has 2 N–H and O–H groups in total. The molecule has 2 unspecified atom stereocenters. The molecule has 0 fully saturated rings. The zero-order valence-corrected chi connectivity index (χ0v) is 28.0. The molecule has 0 bridgehead atoms. The van der Waals surface area contributed by atoms with Gasteiger partial charge in [-0.05, 0) is 70.7 Å². The van der Waals surface area contributed by atoms with Crippen LogP contribution in [0.5, 0.6) is 5.75 Å². The van der Waals surface area contributed by atoms with E-state index in [0.717, 1.165) is 35.2 Å². The van der Waals surface area contributed by atoms with E-state index in [1.54, 1.807) is 13.8 Å². The molecule has 0 saturated heterocycles. The fourth-order valence-electron chi connectivity index (χ4n) is 6.29. The van der Waals surface area contributed by atoms with Crippen molar-refractivity contribution in [3.63, 3.8) is 0 Å². The average molecular weight is 636 g/mol. The normalized spacial score (nSPS) is 14.4. The van der Waals surface area contributed by atoms with E-state index >= 15 is 0 Å². The van der Waals surface area contributed by atoms with E-state index in [1.807, 2.05) is 50.2 Å². The van der Waals surface area contributed by atoms with Crippen LogP contribution in [0.15, 0.2) is 66.7 Å². The van der Waals surface area contributed by atoms with E-state index in [1.165, 1.54) is 10.9 Å². The van der Waals surface area contributed by atoms with Gasteiger partial charge in [0.1, 0.15) is 28.6 Å². The molecule has 0 spiro atoms. The summed E-state index contributed by atoms with van der Waals surface area (Å²) in [6, 6.07) is 14.5. The van der Waals surface area contributed by atoms with Crippen LogP contribution in [0.25, 0.3) is 16.7 Å². The highest BCUT2D eigenvalue weighted by Crippen LogP contribution is 2.45. The number of ketones is 1. The van der Waals surface area contributed by atoms with Gasteiger partial charge in [-0.2, -0.15) is 13.2 Å². The number of aliphatic hydroxyl groups is 1. The summed E-state index contributed by atoms with van der Waals surface area (Å²) in [7, 11) is 0. The van der Waals surface area contributed by atoms with Crippen molar-refractivity contribution in [1.29, 1.82) is 0 Å². The first-order chi connectivity index (χ1) is 21.0. The predicted octanol–water partition coefficient (Wildman–Crippen LogP) is 8.79. The molecule has 0 amide bonds. The van der Waals surface area contributed by atoms with Gasteiger partial charge in [0.15, 0.2) is 5.78 Å². The highest BCUT2D eigenvalue weighted by Gasteiger charge is 2.35. The van der Waals surface area contributed by atoms with Gasteiger partial charge in [-0.15, -0.1) is 15.0 Å². The van der Waals surface area contributed by atoms with E-state index in [4.69, 9.17) is 0 Å². The number of rotatable bonds is 9. The molecule has 9 heteroatoms. The molecule has 0 aliphatic heterocycles. The van der Waals surface area contributed by atoms with Gasteiger partial charge >= 0.3 is 6.18 Å². The summed E-state index contributed by atoms with van der Waals surface area (Å²) < 4.78 is 40.3. The van der Waals surface area contributed by atoms with Crippen LogP contribution in [0.4, 0.5) is 13.2 Å². The van der Waals surface area contributed by atoms with E-state index < -0.39 is 35.0 Å². The van der Waals surface area contributed by atoms with Crippen molar-refractivity contribution >= 4 is 16.8 Å². The summed E-state index contributed by atoms with van der Waals surface area (Å²) >= 11 is 0. The molecular formula is C37H44F3N3O3. The second-order valence-electron chi connectivity index (χ2n) is 14.8. The second kappa shape index (κ2) is 12.0. The molecule has 4 aromatic rings. The standard InChI is InChI=1S/C37H44F3N3O3/c1-21(2)31(44)32(45)22(3)23-12-11-13-24(16-23)36(9,10)27-17-26(35(7,8)20-34(4,5)6)19-30(33(27)46)43-41-28-15-14-25(37(38,39)40)18-29(28)42-43/h11-19,22,32,45-46H,1,20H2,2-10H3. The third kappa shape index (κ3) is 7.04. The molecule has 6 nitrogen and oxygen atoms in total. The van der Waals surface area contributed by atoms with Gasteiger partial charge in [-0.3, -0.25) is 4.79 Å². The lowest BCUT2D eigenvalue weighted by atomic mass is 9.69. The third-order valence-corrected chi connectivity index (χ3v) is 8.74. The number of phenols is 1. The minimum atomic E-state index is -4.53. The van der Waals surface area contributed by atoms with E-state index in [9.17, 15) is 28.2 Å². The quantitative estimate of drug-likeness (QED) is 0.180. The molecule has 0 saturated carbocycles. The van der Waals surface area contributed by atoms with Crippen molar-refractivity contribution in [2.45, 2.75) is 97.8 Å². The Morgan fingerprint density at radius 1 is 0.891 bits per heavy atom. The number of Topliss-reactive ketones (excluding diaryl/α,β-unsaturated/α-hetero) is 1. The van der Waals surface area contributed by atoms with Crippen LogP contribution in [-0.4, -0.2) is 37.1 Å². The van der Waals surface area contributed by atoms with Crippen molar-refractivity contribution in [1.82, 2.24) is 15.0 Å². The zero-order valence-electron chi connectivity index (χ0n) is 28.0. The number of hydrogen-bond donors (Lipinski definition) is 2. The van der Waals surface area contributed by atoms with Gasteiger partial charge in [-0.1, -0.05) is 92.3 Å². The SMILES string of the molecule is C=C(C)C(=O)C(O)C(C)c1cccc(C(C)(C)c2cc(C(C)(C)CC(C)(C)C)cc(-n3nc4ccc(C(F)(F)F)cc4n3)c2O)c1. The molecule has 4 rings (SSSR count). The zero-order chi connectivity index (χ0) is 34.6. The average Bonchev–Trinajstić information content (AvgIpc) is 3.37. The van der Waals surface area contributed by atoms with E-state index in [2.05, 4.69) is 51.4 Å². The van der Waals surface area contributed by atoms with Crippen LogP contribution in [0.3, 0.4) is 0 Å². The molecule has 0 radical (unpaired) electrons. The number of carbonyl (C=O) groups excluding carboxylic acids is 1. The second-order valence-corrected chi connectivity index (χ2v) is 14.8. The van der Waals surface area contributed by atoms with Crippen LogP contribution in [0.2, 0.25) is 0 Å². The smallest absolute Gasteiger partial charge is 0.416 e. The summed E-state index contributed by atoms with van der Waals surface area (Å²) in [5.74, 6) is -1.04. The minimum Gasteiger partial charge on any atom is -0.505 e. The predicted molar refractivity (Wildman–Crippen MR) is 175 cm³/mol. The number of alkyl halides is 3. The lowest BCUT2D eigenvalue weighted by Crippen LogP contribution is -2.28. The van der Waals surface area contributed by atoms with Crippen molar-refractivity contribution < 1.29 is 28.2 Å². The Balaban J connectivity index is 1.92. The molecular weight excluding hydrogens is 591 g/mol. The molecule has 1 heterocycles. The topological polar surface area (TPSA) is 88.2 Å². The van der Waals surface area contributed by atoms with Crippen molar-refractivity contribution in [2.75, 3.05) is 0 Å². The Hall–Kier alpha value is -3.98. The van der Waals surface area contributed by atoms with E-state index in [-0.39, 0.29) is 38.9 Å². The van der Waals surface area contributed by atoms with Gasteiger partial charge in [-0.25, -0.2) is 0 Å². The molecule has 246 valence electrons. The summed E-state index contributed by atoms with van der Waals surface area (Å²) in [4.78, 5) is 13.7.